The van der Waals surface area contributed by atoms with Crippen LogP contribution in [0.5, 0.6) is 0 Å². The van der Waals surface area contributed by atoms with Crippen molar-refractivity contribution in [1.29, 1.82) is 0 Å². The third-order valence-electron chi connectivity index (χ3n) is 2.81. The second-order valence-electron chi connectivity index (χ2n) is 4.21. The minimum absolute atomic E-state index is 0.0121. The minimum atomic E-state index is -0.231. The van der Waals surface area contributed by atoms with Gasteiger partial charge in [0.2, 0.25) is 5.91 Å². The first-order valence-corrected chi connectivity index (χ1v) is 5.70. The average Bonchev–Trinajstić information content (AvgIpc) is 2.81. The molecule has 0 aliphatic carbocycles. The van der Waals surface area contributed by atoms with Gasteiger partial charge in [-0.15, -0.1) is 0 Å². The summed E-state index contributed by atoms with van der Waals surface area (Å²) in [5.41, 5.74) is 2.35. The van der Waals surface area contributed by atoms with Gasteiger partial charge in [0, 0.05) is 13.2 Å². The van der Waals surface area contributed by atoms with Crippen LogP contribution in [-0.2, 0) is 16.1 Å². The third kappa shape index (κ3) is 2.83. The fourth-order valence-corrected chi connectivity index (χ4v) is 1.79. The van der Waals surface area contributed by atoms with Crippen LogP contribution in [0.2, 0.25) is 0 Å². The van der Waals surface area contributed by atoms with E-state index < -0.39 is 0 Å². The van der Waals surface area contributed by atoms with Crippen molar-refractivity contribution < 1.29 is 9.53 Å². The lowest BCUT2D eigenvalue weighted by atomic mass is 10.1. The third-order valence-corrected chi connectivity index (χ3v) is 2.81. The van der Waals surface area contributed by atoms with Crippen LogP contribution in [0.1, 0.15) is 24.0 Å². The summed E-state index contributed by atoms with van der Waals surface area (Å²) < 4.78 is 5.31. The number of amides is 1. The largest absolute Gasteiger partial charge is 0.368 e. The number of nitrogens with one attached hydrogen (secondary N) is 1. The van der Waals surface area contributed by atoms with Crippen LogP contribution in [0.3, 0.4) is 0 Å². The van der Waals surface area contributed by atoms with E-state index in [9.17, 15) is 4.79 Å². The first-order chi connectivity index (χ1) is 7.75. The van der Waals surface area contributed by atoms with E-state index in [1.807, 2.05) is 24.3 Å². The first kappa shape index (κ1) is 11.1. The van der Waals surface area contributed by atoms with E-state index in [2.05, 4.69) is 12.2 Å². The number of ether oxygens (including phenoxy) is 1. The molecule has 1 aromatic carbocycles. The summed E-state index contributed by atoms with van der Waals surface area (Å²) in [6, 6.07) is 8.16. The normalized spacial score (nSPS) is 19.7. The summed E-state index contributed by atoms with van der Waals surface area (Å²) >= 11 is 0. The van der Waals surface area contributed by atoms with E-state index >= 15 is 0 Å². The molecule has 1 fully saturated rings. The van der Waals surface area contributed by atoms with Crippen molar-refractivity contribution >= 4 is 5.91 Å². The molecule has 1 atom stereocenters. The average molecular weight is 219 g/mol. The molecule has 0 unspecified atom stereocenters. The predicted octanol–water partition coefficient (Wildman–Crippen LogP) is 1.79. The maximum atomic E-state index is 11.6. The molecule has 1 amide bonds. The fraction of sp³-hybridized carbons (Fsp3) is 0.462. The zero-order chi connectivity index (χ0) is 11.4. The number of benzene rings is 1. The van der Waals surface area contributed by atoms with Crippen molar-refractivity contribution in [3.8, 4) is 0 Å². The first-order valence-electron chi connectivity index (χ1n) is 5.70. The van der Waals surface area contributed by atoms with Gasteiger partial charge in [0.25, 0.3) is 0 Å². The van der Waals surface area contributed by atoms with Gasteiger partial charge in [-0.05, 0) is 25.3 Å². The topological polar surface area (TPSA) is 38.3 Å². The van der Waals surface area contributed by atoms with Crippen LogP contribution in [-0.4, -0.2) is 18.6 Å². The monoisotopic (exact) mass is 219 g/mol. The Hall–Kier alpha value is -1.35. The van der Waals surface area contributed by atoms with E-state index in [-0.39, 0.29) is 12.0 Å². The van der Waals surface area contributed by atoms with Gasteiger partial charge in [-0.3, -0.25) is 4.79 Å². The van der Waals surface area contributed by atoms with Gasteiger partial charge in [-0.1, -0.05) is 29.8 Å². The lowest BCUT2D eigenvalue weighted by molar-refractivity contribution is -0.130. The Labute approximate surface area is 95.8 Å². The van der Waals surface area contributed by atoms with Crippen molar-refractivity contribution in [2.45, 2.75) is 32.4 Å². The number of hydrogen-bond acceptors (Lipinski definition) is 2. The summed E-state index contributed by atoms with van der Waals surface area (Å²) in [4.78, 5) is 11.6. The molecule has 16 heavy (non-hydrogen) atoms. The molecule has 86 valence electrons. The smallest absolute Gasteiger partial charge is 0.249 e. The van der Waals surface area contributed by atoms with E-state index in [0.29, 0.717) is 13.2 Å². The molecular formula is C13H17NO2. The zero-order valence-electron chi connectivity index (χ0n) is 9.53. The molecule has 1 saturated heterocycles. The molecule has 3 heteroatoms. The summed E-state index contributed by atoms with van der Waals surface area (Å²) in [5, 5.41) is 2.90. The lowest BCUT2D eigenvalue weighted by Gasteiger charge is -2.10. The van der Waals surface area contributed by atoms with E-state index in [0.717, 1.165) is 18.4 Å². The zero-order valence-corrected chi connectivity index (χ0v) is 9.53. The second-order valence-corrected chi connectivity index (χ2v) is 4.21. The SMILES string of the molecule is Cc1ccc(CNC(=O)[C@H]2CCCO2)cc1. The standard InChI is InChI=1S/C13H17NO2/c1-10-4-6-11(7-5-10)9-14-13(15)12-3-2-8-16-12/h4-7,12H,2-3,8-9H2,1H3,(H,14,15)/t12-/m1/s1. The number of rotatable bonds is 3. The Morgan fingerprint density at radius 3 is 2.81 bits per heavy atom. The van der Waals surface area contributed by atoms with Crippen LogP contribution in [0.4, 0.5) is 0 Å². The van der Waals surface area contributed by atoms with E-state index in [1.165, 1.54) is 5.56 Å². The summed E-state index contributed by atoms with van der Waals surface area (Å²) in [7, 11) is 0. The highest BCUT2D eigenvalue weighted by Gasteiger charge is 2.22. The van der Waals surface area contributed by atoms with Gasteiger partial charge in [0.05, 0.1) is 0 Å². The van der Waals surface area contributed by atoms with Crippen molar-refractivity contribution in [3.05, 3.63) is 35.4 Å². The molecule has 2 rings (SSSR count). The Morgan fingerprint density at radius 2 is 2.19 bits per heavy atom. The number of aryl methyl sites for hydroxylation is 1. The molecule has 1 heterocycles. The Bertz CT molecular complexity index is 353. The molecular weight excluding hydrogens is 202 g/mol. The quantitative estimate of drug-likeness (QED) is 0.841. The van der Waals surface area contributed by atoms with Gasteiger partial charge < -0.3 is 10.1 Å². The summed E-state index contributed by atoms with van der Waals surface area (Å²) in [5.74, 6) is 0.0121. The summed E-state index contributed by atoms with van der Waals surface area (Å²) in [6.45, 7) is 3.34. The van der Waals surface area contributed by atoms with Crippen LogP contribution in [0.15, 0.2) is 24.3 Å². The predicted molar refractivity (Wildman–Crippen MR) is 62.0 cm³/mol. The molecule has 1 aromatic rings. The van der Waals surface area contributed by atoms with Gasteiger partial charge >= 0.3 is 0 Å². The van der Waals surface area contributed by atoms with E-state index in [1.54, 1.807) is 0 Å². The van der Waals surface area contributed by atoms with Crippen molar-refractivity contribution in [2.24, 2.45) is 0 Å². The molecule has 3 nitrogen and oxygen atoms in total. The molecule has 0 radical (unpaired) electrons. The fourth-order valence-electron chi connectivity index (χ4n) is 1.79. The molecule has 0 saturated carbocycles. The number of carbonyl (C=O) groups is 1. The van der Waals surface area contributed by atoms with Crippen LogP contribution < -0.4 is 5.32 Å². The van der Waals surface area contributed by atoms with E-state index in [4.69, 9.17) is 4.74 Å². The van der Waals surface area contributed by atoms with Gasteiger partial charge in [0.1, 0.15) is 6.10 Å². The Balaban J connectivity index is 1.82. The molecule has 1 N–H and O–H groups in total. The summed E-state index contributed by atoms with van der Waals surface area (Å²) in [6.07, 6.45) is 1.60. The molecule has 0 bridgehead atoms. The van der Waals surface area contributed by atoms with Crippen LogP contribution >= 0.6 is 0 Å². The van der Waals surface area contributed by atoms with Crippen LogP contribution in [0, 0.1) is 6.92 Å². The second kappa shape index (κ2) is 5.12. The lowest BCUT2D eigenvalue weighted by Crippen LogP contribution is -2.33. The van der Waals surface area contributed by atoms with Gasteiger partial charge in [-0.25, -0.2) is 0 Å². The molecule has 1 aliphatic rings. The van der Waals surface area contributed by atoms with Gasteiger partial charge in [0.15, 0.2) is 0 Å². The minimum Gasteiger partial charge on any atom is -0.368 e. The van der Waals surface area contributed by atoms with Crippen molar-refractivity contribution in [3.63, 3.8) is 0 Å². The van der Waals surface area contributed by atoms with Crippen LogP contribution in [0.25, 0.3) is 0 Å². The molecule has 0 aromatic heterocycles. The highest BCUT2D eigenvalue weighted by atomic mass is 16.5. The Morgan fingerprint density at radius 1 is 1.44 bits per heavy atom. The number of hydrogen-bond donors (Lipinski definition) is 1. The Kier molecular flexibility index (Phi) is 3.57. The maximum absolute atomic E-state index is 11.6. The highest BCUT2D eigenvalue weighted by Crippen LogP contribution is 2.12. The highest BCUT2D eigenvalue weighted by molar-refractivity contribution is 5.80. The molecule has 1 aliphatic heterocycles. The van der Waals surface area contributed by atoms with Gasteiger partial charge in [-0.2, -0.15) is 0 Å². The molecule has 0 spiro atoms. The van der Waals surface area contributed by atoms with Crippen molar-refractivity contribution in [2.75, 3.05) is 6.61 Å². The maximum Gasteiger partial charge on any atom is 0.249 e. The van der Waals surface area contributed by atoms with Crippen molar-refractivity contribution in [1.82, 2.24) is 5.32 Å². The number of carbonyl (C=O) groups excluding carboxylic acids is 1.